The van der Waals surface area contributed by atoms with Crippen LogP contribution in [0.2, 0.25) is 0 Å². The molecule has 0 radical (unpaired) electrons. The molecule has 0 spiro atoms. The van der Waals surface area contributed by atoms with Crippen molar-refractivity contribution in [2.45, 2.75) is 29.9 Å². The van der Waals surface area contributed by atoms with E-state index in [2.05, 4.69) is 15.1 Å². The number of aliphatic hydroxyl groups is 2. The molecule has 3 heterocycles. The lowest BCUT2D eigenvalue weighted by atomic mass is 10.1. The third-order valence-corrected chi connectivity index (χ3v) is 3.74. The number of aromatic nitrogens is 4. The monoisotopic (exact) mass is 282 g/mol. The molecule has 1 fully saturated rings. The topological polar surface area (TPSA) is 92.8 Å². The Kier molecular flexibility index (Phi) is 3.40. The number of aliphatic hydroxyl groups excluding tert-OH is 2. The first-order chi connectivity index (χ1) is 9.22. The normalized spacial score (nSPS) is 27.2. The Morgan fingerprint density at radius 1 is 1.47 bits per heavy atom. The van der Waals surface area contributed by atoms with Crippen LogP contribution in [0.15, 0.2) is 17.6 Å². The molecular weight excluding hydrogens is 268 g/mol. The molecule has 1 aliphatic heterocycles. The number of fused-ring (bicyclic) bond motifs is 1. The van der Waals surface area contributed by atoms with Gasteiger partial charge in [-0.1, -0.05) is 11.8 Å². The quantitative estimate of drug-likeness (QED) is 0.767. The van der Waals surface area contributed by atoms with Crippen LogP contribution >= 0.6 is 11.8 Å². The van der Waals surface area contributed by atoms with Crippen molar-refractivity contribution in [3.05, 3.63) is 18.1 Å². The second kappa shape index (κ2) is 5.04. The Balaban J connectivity index is 1.97. The molecule has 1 aliphatic rings. The van der Waals surface area contributed by atoms with Crippen molar-refractivity contribution < 1.29 is 14.9 Å². The Hall–Kier alpha value is -1.22. The first-order valence-electron chi connectivity index (χ1n) is 5.92. The molecule has 0 aromatic carbocycles. The van der Waals surface area contributed by atoms with Crippen LogP contribution in [0, 0.1) is 0 Å². The summed E-state index contributed by atoms with van der Waals surface area (Å²) >= 11 is 1.44. The zero-order valence-electron chi connectivity index (χ0n) is 10.3. The Morgan fingerprint density at radius 2 is 2.32 bits per heavy atom. The summed E-state index contributed by atoms with van der Waals surface area (Å²) in [5.74, 6) is 0. The molecule has 8 heteroatoms. The van der Waals surface area contributed by atoms with E-state index in [4.69, 9.17) is 9.84 Å². The predicted octanol–water partition coefficient (Wildman–Crippen LogP) is 0.0294. The highest BCUT2D eigenvalue weighted by Gasteiger charge is 2.36. The summed E-state index contributed by atoms with van der Waals surface area (Å²) in [6.45, 7) is -0.195. The second-order valence-electron chi connectivity index (χ2n) is 4.35. The van der Waals surface area contributed by atoms with Crippen LogP contribution in [0.3, 0.4) is 0 Å². The molecule has 102 valence electrons. The van der Waals surface area contributed by atoms with E-state index in [9.17, 15) is 5.11 Å². The number of thioether (sulfide) groups is 1. The van der Waals surface area contributed by atoms with Gasteiger partial charge < -0.3 is 14.9 Å². The molecule has 1 saturated heterocycles. The molecule has 2 aromatic heterocycles. The molecule has 0 amide bonds. The van der Waals surface area contributed by atoms with Gasteiger partial charge in [-0.3, -0.25) is 0 Å². The fourth-order valence-corrected chi connectivity index (χ4v) is 2.51. The average Bonchev–Trinajstić information content (AvgIpc) is 3.00. The second-order valence-corrected chi connectivity index (χ2v) is 5.12. The van der Waals surface area contributed by atoms with Crippen LogP contribution in [-0.2, 0) is 4.74 Å². The zero-order chi connectivity index (χ0) is 13.4. The van der Waals surface area contributed by atoms with Gasteiger partial charge in [0, 0.05) is 6.42 Å². The minimum Gasteiger partial charge on any atom is -0.394 e. The standard InChI is InChI=1S/C11H14N4O3S/c1-19-11-13-4-10-12-3-6(15(10)14-11)8-2-7(17)9(5-16)18-8/h3-4,7-9,16-17H,2,5H2,1H3/t7-,8+,9+/m0/s1. The molecule has 3 rings (SSSR count). The number of imidazole rings is 1. The molecule has 0 saturated carbocycles. The maximum Gasteiger partial charge on any atom is 0.207 e. The number of rotatable bonds is 3. The van der Waals surface area contributed by atoms with Crippen LogP contribution in [-0.4, -0.2) is 54.9 Å². The van der Waals surface area contributed by atoms with E-state index >= 15 is 0 Å². The maximum absolute atomic E-state index is 9.78. The van der Waals surface area contributed by atoms with E-state index in [1.54, 1.807) is 16.9 Å². The number of hydrogen-bond donors (Lipinski definition) is 2. The molecule has 0 unspecified atom stereocenters. The van der Waals surface area contributed by atoms with E-state index < -0.39 is 12.2 Å². The summed E-state index contributed by atoms with van der Waals surface area (Å²) in [7, 11) is 0. The smallest absolute Gasteiger partial charge is 0.207 e. The molecule has 0 aliphatic carbocycles. The molecule has 7 nitrogen and oxygen atoms in total. The number of hydrogen-bond acceptors (Lipinski definition) is 7. The van der Waals surface area contributed by atoms with E-state index in [0.717, 1.165) is 5.69 Å². The molecule has 3 atom stereocenters. The Labute approximate surface area is 113 Å². The molecule has 19 heavy (non-hydrogen) atoms. The highest BCUT2D eigenvalue weighted by Crippen LogP contribution is 2.32. The van der Waals surface area contributed by atoms with Gasteiger partial charge >= 0.3 is 0 Å². The van der Waals surface area contributed by atoms with Crippen LogP contribution in [0.4, 0.5) is 0 Å². The van der Waals surface area contributed by atoms with Crippen molar-refractivity contribution >= 4 is 17.4 Å². The van der Waals surface area contributed by atoms with Crippen molar-refractivity contribution in [1.82, 2.24) is 19.6 Å². The fraction of sp³-hybridized carbons (Fsp3) is 0.545. The summed E-state index contributed by atoms with van der Waals surface area (Å²) in [5, 5.41) is 23.9. The lowest BCUT2D eigenvalue weighted by molar-refractivity contribution is -0.0240. The van der Waals surface area contributed by atoms with Crippen molar-refractivity contribution in [2.24, 2.45) is 0 Å². The molecule has 0 bridgehead atoms. The van der Waals surface area contributed by atoms with Gasteiger partial charge in [0.1, 0.15) is 12.2 Å². The van der Waals surface area contributed by atoms with Crippen LogP contribution in [0.5, 0.6) is 0 Å². The lowest BCUT2D eigenvalue weighted by Gasteiger charge is -2.11. The minimum absolute atomic E-state index is 0.195. The number of ether oxygens (including phenoxy) is 1. The van der Waals surface area contributed by atoms with Crippen LogP contribution < -0.4 is 0 Å². The van der Waals surface area contributed by atoms with Crippen LogP contribution in [0.1, 0.15) is 18.2 Å². The third-order valence-electron chi connectivity index (χ3n) is 3.18. The minimum atomic E-state index is -0.664. The third kappa shape index (κ3) is 2.20. The first kappa shape index (κ1) is 12.8. The maximum atomic E-state index is 9.78. The first-order valence-corrected chi connectivity index (χ1v) is 7.14. The Morgan fingerprint density at radius 3 is 3.00 bits per heavy atom. The van der Waals surface area contributed by atoms with Crippen molar-refractivity contribution in [2.75, 3.05) is 12.9 Å². The zero-order valence-corrected chi connectivity index (χ0v) is 11.1. The lowest BCUT2D eigenvalue weighted by Crippen LogP contribution is -2.24. The number of nitrogens with zero attached hydrogens (tertiary/aromatic N) is 4. The summed E-state index contributed by atoms with van der Waals surface area (Å²) < 4.78 is 7.30. The van der Waals surface area contributed by atoms with E-state index in [-0.39, 0.29) is 12.7 Å². The highest BCUT2D eigenvalue weighted by atomic mass is 32.2. The van der Waals surface area contributed by atoms with Gasteiger partial charge in [-0.15, -0.1) is 5.10 Å². The SMILES string of the molecule is CSc1ncc2ncc([C@H]3C[C@H](O)[C@@H](CO)O3)n2n1. The fourth-order valence-electron chi connectivity index (χ4n) is 2.19. The largest absolute Gasteiger partial charge is 0.394 e. The van der Waals surface area contributed by atoms with Gasteiger partial charge in [-0.25, -0.2) is 14.5 Å². The molecule has 2 N–H and O–H groups in total. The van der Waals surface area contributed by atoms with Gasteiger partial charge in [0.15, 0.2) is 5.65 Å². The Bertz CT molecular complexity index is 590. The van der Waals surface area contributed by atoms with E-state index in [1.807, 2.05) is 6.26 Å². The van der Waals surface area contributed by atoms with E-state index in [0.29, 0.717) is 17.2 Å². The summed E-state index contributed by atoms with van der Waals surface area (Å²) in [5.41, 5.74) is 1.40. The van der Waals surface area contributed by atoms with E-state index in [1.165, 1.54) is 11.8 Å². The molecular formula is C11H14N4O3S. The van der Waals surface area contributed by atoms with Gasteiger partial charge in [0.25, 0.3) is 0 Å². The van der Waals surface area contributed by atoms with Crippen molar-refractivity contribution in [1.29, 1.82) is 0 Å². The van der Waals surface area contributed by atoms with Gasteiger partial charge in [0.05, 0.1) is 30.8 Å². The van der Waals surface area contributed by atoms with Gasteiger partial charge in [-0.05, 0) is 6.26 Å². The average molecular weight is 282 g/mol. The predicted molar refractivity (Wildman–Crippen MR) is 67.9 cm³/mol. The summed E-state index contributed by atoms with van der Waals surface area (Å²) in [6.07, 6.45) is 4.13. The summed E-state index contributed by atoms with van der Waals surface area (Å²) in [6, 6.07) is 0. The van der Waals surface area contributed by atoms with Crippen molar-refractivity contribution in [3.63, 3.8) is 0 Å². The summed E-state index contributed by atoms with van der Waals surface area (Å²) in [4.78, 5) is 8.37. The highest BCUT2D eigenvalue weighted by molar-refractivity contribution is 7.98. The van der Waals surface area contributed by atoms with Crippen molar-refractivity contribution in [3.8, 4) is 0 Å². The van der Waals surface area contributed by atoms with Crippen LogP contribution in [0.25, 0.3) is 5.65 Å². The van der Waals surface area contributed by atoms with Gasteiger partial charge in [0.2, 0.25) is 5.16 Å². The molecule has 2 aromatic rings. The van der Waals surface area contributed by atoms with Gasteiger partial charge in [-0.2, -0.15) is 0 Å².